The number of ketones is 1. The van der Waals surface area contributed by atoms with E-state index in [0.717, 1.165) is 24.5 Å². The molecule has 0 saturated carbocycles. The lowest BCUT2D eigenvalue weighted by molar-refractivity contribution is 0.100. The molecule has 0 unspecified atom stereocenters. The maximum Gasteiger partial charge on any atom is 0.177 e. The number of hydrogen-bond donors (Lipinski definition) is 0. The van der Waals surface area contributed by atoms with E-state index in [4.69, 9.17) is 0 Å². The number of carbonyl (C=O) groups excluding carboxylic acids is 1. The lowest BCUT2D eigenvalue weighted by atomic mass is 10.1. The van der Waals surface area contributed by atoms with E-state index in [1.54, 1.807) is 13.1 Å². The molecule has 3 heteroatoms. The van der Waals surface area contributed by atoms with E-state index < -0.39 is 0 Å². The largest absolute Gasteiger partial charge is 0.326 e. The molecule has 0 radical (unpaired) electrons. The summed E-state index contributed by atoms with van der Waals surface area (Å²) in [6.45, 7) is 2.56. The van der Waals surface area contributed by atoms with Crippen molar-refractivity contribution in [3.8, 4) is 0 Å². The Morgan fingerprint density at radius 2 is 2.42 bits per heavy atom. The molecule has 0 fully saturated rings. The molecule has 64 valence electrons. The molecule has 0 atom stereocenters. The van der Waals surface area contributed by atoms with Gasteiger partial charge in [-0.1, -0.05) is 0 Å². The van der Waals surface area contributed by atoms with Gasteiger partial charge in [0.25, 0.3) is 0 Å². The highest BCUT2D eigenvalue weighted by molar-refractivity contribution is 5.92. The molecule has 0 spiro atoms. The monoisotopic (exact) mass is 164 g/mol. The third-order valence-corrected chi connectivity index (χ3v) is 2.33. The van der Waals surface area contributed by atoms with Crippen molar-refractivity contribution in [2.24, 2.45) is 0 Å². The van der Waals surface area contributed by atoms with Gasteiger partial charge in [-0.3, -0.25) is 4.79 Å². The molecule has 0 saturated heterocycles. The van der Waals surface area contributed by atoms with Crippen LogP contribution in [0.4, 0.5) is 0 Å². The number of hydrogen-bond acceptors (Lipinski definition) is 2. The molecule has 0 aromatic carbocycles. The summed E-state index contributed by atoms with van der Waals surface area (Å²) in [5.74, 6) is 1.20. The van der Waals surface area contributed by atoms with Gasteiger partial charge >= 0.3 is 0 Å². The van der Waals surface area contributed by atoms with Crippen LogP contribution < -0.4 is 0 Å². The van der Waals surface area contributed by atoms with Gasteiger partial charge in [0.1, 0.15) is 11.5 Å². The molecular weight excluding hydrogens is 152 g/mol. The van der Waals surface area contributed by atoms with E-state index in [0.29, 0.717) is 0 Å². The molecule has 1 aromatic heterocycles. The van der Waals surface area contributed by atoms with Crippen molar-refractivity contribution < 1.29 is 4.79 Å². The molecule has 12 heavy (non-hydrogen) atoms. The SMILES string of the molecule is CC(=O)c1cnc2n1CCCC2. The summed E-state index contributed by atoms with van der Waals surface area (Å²) >= 11 is 0. The first kappa shape index (κ1) is 7.53. The molecular formula is C9H12N2O. The van der Waals surface area contributed by atoms with Crippen molar-refractivity contribution in [2.75, 3.05) is 0 Å². The van der Waals surface area contributed by atoms with Crippen molar-refractivity contribution in [1.29, 1.82) is 0 Å². The smallest absolute Gasteiger partial charge is 0.177 e. The van der Waals surface area contributed by atoms with E-state index in [1.807, 2.05) is 4.57 Å². The van der Waals surface area contributed by atoms with Gasteiger partial charge < -0.3 is 4.57 Å². The van der Waals surface area contributed by atoms with Crippen LogP contribution in [0.5, 0.6) is 0 Å². The molecule has 2 rings (SSSR count). The number of carbonyl (C=O) groups is 1. The van der Waals surface area contributed by atoms with E-state index in [1.165, 1.54) is 12.8 Å². The number of nitrogens with zero attached hydrogens (tertiary/aromatic N) is 2. The summed E-state index contributed by atoms with van der Waals surface area (Å²) < 4.78 is 2.05. The zero-order valence-corrected chi connectivity index (χ0v) is 7.21. The Morgan fingerprint density at radius 3 is 3.17 bits per heavy atom. The second-order valence-electron chi connectivity index (χ2n) is 3.22. The first-order valence-electron chi connectivity index (χ1n) is 4.34. The van der Waals surface area contributed by atoms with Crippen LogP contribution >= 0.6 is 0 Å². The number of imidazole rings is 1. The third kappa shape index (κ3) is 1.05. The van der Waals surface area contributed by atoms with E-state index >= 15 is 0 Å². The predicted molar refractivity (Wildman–Crippen MR) is 45.2 cm³/mol. The average molecular weight is 164 g/mol. The Balaban J connectivity index is 2.44. The van der Waals surface area contributed by atoms with Crippen molar-refractivity contribution in [3.05, 3.63) is 17.7 Å². The zero-order chi connectivity index (χ0) is 8.55. The average Bonchev–Trinajstić information content (AvgIpc) is 2.47. The van der Waals surface area contributed by atoms with Crippen molar-refractivity contribution >= 4 is 5.78 Å². The number of fused-ring (bicyclic) bond motifs is 1. The maximum absolute atomic E-state index is 11.1. The van der Waals surface area contributed by atoms with Crippen molar-refractivity contribution in [3.63, 3.8) is 0 Å². The van der Waals surface area contributed by atoms with Crippen LogP contribution in [0.1, 0.15) is 36.1 Å². The van der Waals surface area contributed by atoms with Crippen LogP contribution in [0, 0.1) is 0 Å². The van der Waals surface area contributed by atoms with Crippen molar-refractivity contribution in [1.82, 2.24) is 9.55 Å². The fraction of sp³-hybridized carbons (Fsp3) is 0.556. The van der Waals surface area contributed by atoms with Crippen LogP contribution in [-0.2, 0) is 13.0 Å². The van der Waals surface area contributed by atoms with Crippen LogP contribution in [0.25, 0.3) is 0 Å². The Labute approximate surface area is 71.4 Å². The van der Waals surface area contributed by atoms with Gasteiger partial charge in [-0.2, -0.15) is 0 Å². The number of Topliss-reactive ketones (excluding diaryl/α,β-unsaturated/α-hetero) is 1. The zero-order valence-electron chi connectivity index (χ0n) is 7.21. The van der Waals surface area contributed by atoms with Gasteiger partial charge in [-0.15, -0.1) is 0 Å². The highest BCUT2D eigenvalue weighted by atomic mass is 16.1. The topological polar surface area (TPSA) is 34.9 Å². The van der Waals surface area contributed by atoms with Crippen LogP contribution in [-0.4, -0.2) is 15.3 Å². The van der Waals surface area contributed by atoms with Gasteiger partial charge in [0.15, 0.2) is 5.78 Å². The number of rotatable bonds is 1. The van der Waals surface area contributed by atoms with Gasteiger partial charge in [0, 0.05) is 19.9 Å². The Kier molecular flexibility index (Phi) is 1.71. The first-order chi connectivity index (χ1) is 5.79. The minimum atomic E-state index is 0.121. The quantitative estimate of drug-likeness (QED) is 0.588. The molecule has 0 bridgehead atoms. The standard InChI is InChI=1S/C9H12N2O/c1-7(12)8-6-10-9-4-2-3-5-11(8)9/h6H,2-5H2,1H3. The lowest BCUT2D eigenvalue weighted by Gasteiger charge is -2.14. The molecule has 0 amide bonds. The Morgan fingerprint density at radius 1 is 1.58 bits per heavy atom. The summed E-state index contributed by atoms with van der Waals surface area (Å²) in [4.78, 5) is 15.3. The minimum absolute atomic E-state index is 0.121. The second-order valence-corrected chi connectivity index (χ2v) is 3.22. The predicted octanol–water partition coefficient (Wildman–Crippen LogP) is 1.42. The van der Waals surface area contributed by atoms with Gasteiger partial charge in [-0.25, -0.2) is 4.98 Å². The first-order valence-corrected chi connectivity index (χ1v) is 4.34. The minimum Gasteiger partial charge on any atom is -0.326 e. The Hall–Kier alpha value is -1.12. The van der Waals surface area contributed by atoms with E-state index in [9.17, 15) is 4.79 Å². The highest BCUT2D eigenvalue weighted by Crippen LogP contribution is 2.15. The second kappa shape index (κ2) is 2.73. The summed E-state index contributed by atoms with van der Waals surface area (Å²) in [6.07, 6.45) is 5.09. The van der Waals surface area contributed by atoms with E-state index in [-0.39, 0.29) is 5.78 Å². The fourth-order valence-corrected chi connectivity index (χ4v) is 1.70. The van der Waals surface area contributed by atoms with Gasteiger partial charge in [-0.05, 0) is 12.8 Å². The van der Waals surface area contributed by atoms with Gasteiger partial charge in [0.2, 0.25) is 0 Å². The Bertz CT molecular complexity index is 314. The molecule has 1 aliphatic rings. The lowest BCUT2D eigenvalue weighted by Crippen LogP contribution is -2.14. The fourth-order valence-electron chi connectivity index (χ4n) is 1.70. The number of aryl methyl sites for hydroxylation is 1. The normalized spacial score (nSPS) is 15.8. The summed E-state index contributed by atoms with van der Waals surface area (Å²) in [5, 5.41) is 0. The van der Waals surface area contributed by atoms with Crippen LogP contribution in [0.2, 0.25) is 0 Å². The molecule has 1 aliphatic heterocycles. The summed E-state index contributed by atoms with van der Waals surface area (Å²) in [5.41, 5.74) is 0.768. The van der Waals surface area contributed by atoms with Crippen LogP contribution in [0.3, 0.4) is 0 Å². The summed E-state index contributed by atoms with van der Waals surface area (Å²) in [7, 11) is 0. The van der Waals surface area contributed by atoms with Gasteiger partial charge in [0.05, 0.1) is 6.20 Å². The molecule has 0 aliphatic carbocycles. The molecule has 1 aromatic rings. The highest BCUT2D eigenvalue weighted by Gasteiger charge is 2.15. The number of aromatic nitrogens is 2. The summed E-state index contributed by atoms with van der Waals surface area (Å²) in [6, 6.07) is 0. The van der Waals surface area contributed by atoms with Crippen molar-refractivity contribution in [2.45, 2.75) is 32.7 Å². The molecule has 2 heterocycles. The third-order valence-electron chi connectivity index (χ3n) is 2.33. The van der Waals surface area contributed by atoms with E-state index in [2.05, 4.69) is 4.98 Å². The molecule has 3 nitrogen and oxygen atoms in total. The van der Waals surface area contributed by atoms with Crippen LogP contribution in [0.15, 0.2) is 6.20 Å². The molecule has 0 N–H and O–H groups in total. The maximum atomic E-state index is 11.1.